The Morgan fingerprint density at radius 1 is 0.932 bits per heavy atom. The molecule has 10 atom stereocenters. The van der Waals surface area contributed by atoms with Crippen LogP contribution in [0.1, 0.15) is 126 Å². The normalized spacial score (nSPS) is 44.8. The van der Waals surface area contributed by atoms with Crippen LogP contribution in [0.25, 0.3) is 0 Å². The zero-order valence-electron chi connectivity index (χ0n) is 28.4. The Labute approximate surface area is 264 Å². The maximum atomic E-state index is 14.2. The van der Waals surface area contributed by atoms with Crippen molar-refractivity contribution in [3.63, 3.8) is 0 Å². The lowest BCUT2D eigenvalue weighted by Gasteiger charge is -2.70. The number of ketones is 1. The second-order valence-corrected chi connectivity index (χ2v) is 17.2. The number of hydrogen-bond acceptors (Lipinski definition) is 6. The average molecular weight is 617 g/mol. The van der Waals surface area contributed by atoms with Gasteiger partial charge in [-0.1, -0.05) is 53.5 Å². The fourth-order valence-corrected chi connectivity index (χ4v) is 11.0. The van der Waals surface area contributed by atoms with Crippen LogP contribution in [0.5, 0.6) is 0 Å². The summed E-state index contributed by atoms with van der Waals surface area (Å²) in [6, 6.07) is -0.716. The van der Waals surface area contributed by atoms with Crippen LogP contribution in [0.2, 0.25) is 0 Å². The number of unbranched alkanes of at least 4 members (excludes halogenated alkanes) is 1. The number of nitrogens with two attached hydrogens (primary N) is 2. The lowest BCUT2D eigenvalue weighted by Crippen LogP contribution is -2.66. The topological polar surface area (TPSA) is 164 Å². The highest BCUT2D eigenvalue weighted by Crippen LogP contribution is 2.75. The van der Waals surface area contributed by atoms with E-state index >= 15 is 0 Å². The van der Waals surface area contributed by atoms with Crippen LogP contribution in [0.15, 0.2) is 11.6 Å². The molecule has 4 saturated carbocycles. The smallest absolute Gasteiger partial charge is 0.320 e. The minimum Gasteiger partial charge on any atom is -0.481 e. The molecule has 1 unspecified atom stereocenters. The van der Waals surface area contributed by atoms with Crippen LogP contribution in [0.4, 0.5) is 0 Å². The van der Waals surface area contributed by atoms with E-state index in [0.717, 1.165) is 64.2 Å². The number of allylic oxidation sites excluding steroid dienone is 2. The molecule has 5 aliphatic carbocycles. The third-order valence-electron chi connectivity index (χ3n) is 14.4. The largest absolute Gasteiger partial charge is 0.481 e. The second-order valence-electron chi connectivity index (χ2n) is 17.2. The summed E-state index contributed by atoms with van der Waals surface area (Å²) in [6.07, 6.45) is 12.1. The number of carbonyl (C=O) groups excluding carboxylic acids is 1. The van der Waals surface area contributed by atoms with Gasteiger partial charge in [-0.2, -0.15) is 0 Å². The first-order valence-electron chi connectivity index (χ1n) is 17.1. The monoisotopic (exact) mass is 616 g/mol. The number of aliphatic hydroxyl groups is 1. The first-order valence-corrected chi connectivity index (χ1v) is 17.1. The minimum atomic E-state index is -0.933. The molecule has 0 spiro atoms. The molecule has 0 aromatic heterocycles. The van der Waals surface area contributed by atoms with Crippen molar-refractivity contribution in [3.05, 3.63) is 11.6 Å². The van der Waals surface area contributed by atoms with Crippen molar-refractivity contribution in [3.8, 4) is 0 Å². The molecule has 0 aromatic carbocycles. The van der Waals surface area contributed by atoms with Gasteiger partial charge in [-0.3, -0.25) is 14.4 Å². The Morgan fingerprint density at radius 3 is 2.16 bits per heavy atom. The van der Waals surface area contributed by atoms with Gasteiger partial charge in [0, 0.05) is 5.92 Å². The van der Waals surface area contributed by atoms with Gasteiger partial charge in [0.2, 0.25) is 0 Å². The van der Waals surface area contributed by atoms with Crippen LogP contribution in [0.3, 0.4) is 0 Å². The highest BCUT2D eigenvalue weighted by molar-refractivity contribution is 5.95. The number of rotatable bonds is 6. The van der Waals surface area contributed by atoms with Gasteiger partial charge in [-0.05, 0) is 129 Å². The van der Waals surface area contributed by atoms with Crippen LogP contribution >= 0.6 is 0 Å². The average Bonchev–Trinajstić information content (AvgIpc) is 2.93. The van der Waals surface area contributed by atoms with Gasteiger partial charge in [-0.25, -0.2) is 0 Å². The summed E-state index contributed by atoms with van der Waals surface area (Å²) in [5.74, 6) is -0.873. The SMILES string of the molecule is CC1(C)[C@@H](O)CC[C@]2(C)[C@H]3C(=O)C=C4[C@@H]5C[C@@](C)(C(=O)O)CC[C@]5(C)CC[C@@]4(C)[C@]3(C)CC[C@@H]12.NCCCCC(N)C(=O)O. The van der Waals surface area contributed by atoms with Crippen molar-refractivity contribution >= 4 is 17.7 Å². The number of aliphatic hydroxyl groups excluding tert-OH is 1. The fraction of sp³-hybridized carbons (Fsp3) is 0.861. The molecular weight excluding hydrogens is 556 g/mol. The third-order valence-corrected chi connectivity index (χ3v) is 14.4. The van der Waals surface area contributed by atoms with Crippen molar-refractivity contribution in [2.24, 2.45) is 61.7 Å². The predicted molar refractivity (Wildman–Crippen MR) is 172 cm³/mol. The molecule has 0 radical (unpaired) electrons. The highest BCUT2D eigenvalue weighted by atomic mass is 16.4. The van der Waals surface area contributed by atoms with E-state index < -0.39 is 23.4 Å². The Balaban J connectivity index is 0.000000382. The van der Waals surface area contributed by atoms with Crippen LogP contribution < -0.4 is 11.5 Å². The van der Waals surface area contributed by atoms with Crippen molar-refractivity contribution in [2.45, 2.75) is 138 Å². The van der Waals surface area contributed by atoms with Crippen LogP contribution in [0, 0.1) is 50.2 Å². The molecule has 250 valence electrons. The molecule has 44 heavy (non-hydrogen) atoms. The Morgan fingerprint density at radius 2 is 1.57 bits per heavy atom. The van der Waals surface area contributed by atoms with Gasteiger partial charge < -0.3 is 26.8 Å². The molecular formula is C36H60N2O6. The van der Waals surface area contributed by atoms with E-state index in [9.17, 15) is 24.6 Å². The lowest BCUT2D eigenvalue weighted by atomic mass is 9.33. The third kappa shape index (κ3) is 5.38. The van der Waals surface area contributed by atoms with Gasteiger partial charge in [-0.15, -0.1) is 0 Å². The van der Waals surface area contributed by atoms with Crippen molar-refractivity contribution in [1.29, 1.82) is 0 Å². The first-order chi connectivity index (χ1) is 20.2. The summed E-state index contributed by atoms with van der Waals surface area (Å²) in [7, 11) is 0. The molecule has 4 fully saturated rings. The molecule has 0 aliphatic heterocycles. The van der Waals surface area contributed by atoms with E-state index in [1.807, 2.05) is 13.0 Å². The Kier molecular flexibility index (Phi) is 9.40. The molecule has 7 N–H and O–H groups in total. The molecule has 8 heteroatoms. The quantitative estimate of drug-likeness (QED) is 0.229. The first kappa shape index (κ1) is 35.1. The number of hydrogen-bond donors (Lipinski definition) is 5. The van der Waals surface area contributed by atoms with Crippen molar-refractivity contribution in [1.82, 2.24) is 0 Å². The highest BCUT2D eigenvalue weighted by Gasteiger charge is 2.70. The van der Waals surface area contributed by atoms with E-state index in [0.29, 0.717) is 25.3 Å². The Bertz CT molecular complexity index is 1180. The number of fused-ring (bicyclic) bond motifs is 7. The zero-order chi connectivity index (χ0) is 33.1. The molecule has 0 aromatic rings. The number of carbonyl (C=O) groups is 3. The molecule has 5 aliphatic rings. The zero-order valence-corrected chi connectivity index (χ0v) is 28.4. The summed E-state index contributed by atoms with van der Waals surface area (Å²) in [4.78, 5) is 36.6. The van der Waals surface area contributed by atoms with Gasteiger partial charge in [0.1, 0.15) is 6.04 Å². The van der Waals surface area contributed by atoms with E-state index in [-0.39, 0.29) is 50.8 Å². The van der Waals surface area contributed by atoms with Gasteiger partial charge >= 0.3 is 11.9 Å². The number of carboxylic acid groups (broad SMARTS) is 2. The summed E-state index contributed by atoms with van der Waals surface area (Å²) in [5, 5.41) is 29.2. The molecule has 0 bridgehead atoms. The van der Waals surface area contributed by atoms with Gasteiger partial charge in [0.15, 0.2) is 5.78 Å². The van der Waals surface area contributed by atoms with Crippen molar-refractivity contribution < 1.29 is 29.7 Å². The van der Waals surface area contributed by atoms with E-state index in [1.165, 1.54) is 5.57 Å². The molecule has 8 nitrogen and oxygen atoms in total. The minimum absolute atomic E-state index is 0.0296. The molecule has 0 amide bonds. The Hall–Kier alpha value is -1.77. The summed E-state index contributed by atoms with van der Waals surface area (Å²) in [6.45, 7) is 16.4. The van der Waals surface area contributed by atoms with E-state index in [2.05, 4.69) is 41.5 Å². The van der Waals surface area contributed by atoms with Crippen LogP contribution in [-0.2, 0) is 14.4 Å². The predicted octanol–water partition coefficient (Wildman–Crippen LogP) is 5.94. The summed E-state index contributed by atoms with van der Waals surface area (Å²) in [5.41, 5.74) is 10.6. The maximum Gasteiger partial charge on any atom is 0.320 e. The fourth-order valence-electron chi connectivity index (χ4n) is 11.0. The summed E-state index contributed by atoms with van der Waals surface area (Å²) < 4.78 is 0. The molecule has 0 saturated heterocycles. The molecule has 0 heterocycles. The second kappa shape index (κ2) is 11.8. The van der Waals surface area contributed by atoms with Crippen molar-refractivity contribution in [2.75, 3.05) is 6.54 Å². The number of carboxylic acids is 2. The van der Waals surface area contributed by atoms with Gasteiger partial charge in [0.25, 0.3) is 0 Å². The summed E-state index contributed by atoms with van der Waals surface area (Å²) >= 11 is 0. The lowest BCUT2D eigenvalue weighted by molar-refractivity contribution is -0.202. The van der Waals surface area contributed by atoms with Gasteiger partial charge in [0.05, 0.1) is 11.5 Å². The van der Waals surface area contributed by atoms with E-state index in [4.69, 9.17) is 16.6 Å². The van der Waals surface area contributed by atoms with Crippen LogP contribution in [-0.4, -0.2) is 51.7 Å². The van der Waals surface area contributed by atoms with E-state index in [1.54, 1.807) is 0 Å². The number of aliphatic carboxylic acids is 2. The maximum absolute atomic E-state index is 14.2. The standard InChI is InChI=1S/C30H46O4.C6H14N2O2/c1-25(2)21-8-11-30(7)23(28(21,5)10-9-22(25)32)20(31)16-18-19-17-27(4,24(33)34)13-12-26(19,3)14-15-29(18,30)6;7-4-2-1-3-5(8)6(9)10/h16,19,21-23,32H,8-15,17H2,1-7H3,(H,33,34);5H,1-4,7-8H2,(H,9,10)/t19-,21-,22-,23+,26+,27-,28-,29+,30+;/m0./s1. The molecule has 5 rings (SSSR count).